The van der Waals surface area contributed by atoms with E-state index >= 15 is 0 Å². The van der Waals surface area contributed by atoms with Crippen LogP contribution in [0.4, 0.5) is 0 Å². The molecule has 9 nitrogen and oxygen atoms in total. The molecule has 9 heteroatoms. The predicted octanol–water partition coefficient (Wildman–Crippen LogP) is 3.38. The van der Waals surface area contributed by atoms with E-state index in [0.717, 1.165) is 25.9 Å². The topological polar surface area (TPSA) is 102 Å². The molecule has 1 atom stereocenters. The van der Waals surface area contributed by atoms with Crippen molar-refractivity contribution in [1.82, 2.24) is 9.80 Å². The van der Waals surface area contributed by atoms with Crippen LogP contribution in [0.15, 0.2) is 52.4 Å². The number of ether oxygens (including phenoxy) is 3. The molecule has 186 valence electrons. The second-order valence-corrected chi connectivity index (χ2v) is 8.38. The fourth-order valence-electron chi connectivity index (χ4n) is 4.63. The zero-order valence-electron chi connectivity index (χ0n) is 20.2. The average molecular weight is 483 g/mol. The third kappa shape index (κ3) is 4.90. The van der Waals surface area contributed by atoms with Gasteiger partial charge in [-0.2, -0.15) is 0 Å². The lowest BCUT2D eigenvalue weighted by atomic mass is 9.95. The largest absolute Gasteiger partial charge is 0.503 e. The highest BCUT2D eigenvalue weighted by Gasteiger charge is 2.43. The monoisotopic (exact) mass is 482 g/mol. The van der Waals surface area contributed by atoms with E-state index in [1.54, 1.807) is 24.3 Å². The molecular formula is C26H30N2O7. The highest BCUT2D eigenvalue weighted by molar-refractivity contribution is 6.14. The van der Waals surface area contributed by atoms with Gasteiger partial charge in [0.15, 0.2) is 23.0 Å². The van der Waals surface area contributed by atoms with Gasteiger partial charge >= 0.3 is 0 Å². The number of carbonyl (C=O) groups excluding carboxylic acids is 2. The van der Waals surface area contributed by atoms with Gasteiger partial charge in [-0.05, 0) is 67.9 Å². The Morgan fingerprint density at radius 3 is 2.37 bits per heavy atom. The van der Waals surface area contributed by atoms with Crippen molar-refractivity contribution in [2.75, 3.05) is 47.5 Å². The predicted molar refractivity (Wildman–Crippen MR) is 129 cm³/mol. The number of benzene rings is 1. The summed E-state index contributed by atoms with van der Waals surface area (Å²) in [5, 5.41) is 10.8. The summed E-state index contributed by atoms with van der Waals surface area (Å²) >= 11 is 0. The van der Waals surface area contributed by atoms with Gasteiger partial charge in [0.25, 0.3) is 5.91 Å². The fraction of sp³-hybridized carbons (Fsp3) is 0.385. The second-order valence-electron chi connectivity index (χ2n) is 8.38. The van der Waals surface area contributed by atoms with Gasteiger partial charge in [0, 0.05) is 13.1 Å². The lowest BCUT2D eigenvalue weighted by molar-refractivity contribution is -0.129. The minimum Gasteiger partial charge on any atom is -0.503 e. The van der Waals surface area contributed by atoms with E-state index < -0.39 is 23.5 Å². The minimum absolute atomic E-state index is 0.00602. The zero-order chi connectivity index (χ0) is 24.9. The van der Waals surface area contributed by atoms with Crippen LogP contribution in [0, 0.1) is 0 Å². The van der Waals surface area contributed by atoms with Crippen molar-refractivity contribution in [1.29, 1.82) is 0 Å². The number of amides is 1. The molecule has 4 rings (SSSR count). The number of aliphatic hydroxyl groups is 1. The third-order valence-electron chi connectivity index (χ3n) is 6.37. The highest BCUT2D eigenvalue weighted by atomic mass is 16.5. The van der Waals surface area contributed by atoms with Crippen LogP contribution >= 0.6 is 0 Å². The van der Waals surface area contributed by atoms with Gasteiger partial charge in [0.1, 0.15) is 5.76 Å². The quantitative estimate of drug-likeness (QED) is 0.515. The third-order valence-corrected chi connectivity index (χ3v) is 6.37. The van der Waals surface area contributed by atoms with Gasteiger partial charge < -0.3 is 33.5 Å². The SMILES string of the molecule is COc1cc(C2C(C(=O)/C=C/c3ccco3)=C(O)C(=O)N2CCN2CCCC2)cc(OC)c1OC. The Morgan fingerprint density at radius 1 is 1.11 bits per heavy atom. The van der Waals surface area contributed by atoms with Crippen molar-refractivity contribution in [3.8, 4) is 17.2 Å². The number of hydrogen-bond acceptors (Lipinski definition) is 8. The van der Waals surface area contributed by atoms with Gasteiger partial charge in [-0.15, -0.1) is 0 Å². The van der Waals surface area contributed by atoms with Crippen LogP contribution in [-0.2, 0) is 9.59 Å². The molecule has 0 aliphatic carbocycles. The first kappa shape index (κ1) is 24.4. The molecule has 0 spiro atoms. The minimum atomic E-state index is -0.826. The highest BCUT2D eigenvalue weighted by Crippen LogP contribution is 2.45. The molecule has 0 radical (unpaired) electrons. The van der Waals surface area contributed by atoms with Crippen LogP contribution in [-0.4, -0.2) is 74.1 Å². The lowest BCUT2D eigenvalue weighted by Gasteiger charge is -2.29. The molecule has 1 unspecified atom stereocenters. The summed E-state index contributed by atoms with van der Waals surface area (Å²) in [5.41, 5.74) is 0.557. The summed E-state index contributed by atoms with van der Waals surface area (Å²) in [7, 11) is 4.50. The van der Waals surface area contributed by atoms with Crippen LogP contribution in [0.5, 0.6) is 17.2 Å². The first-order chi connectivity index (χ1) is 17.0. The molecule has 1 aromatic heterocycles. The van der Waals surface area contributed by atoms with E-state index in [2.05, 4.69) is 4.90 Å². The summed E-state index contributed by atoms with van der Waals surface area (Å²) in [6, 6.07) is 5.98. The molecule has 1 fully saturated rings. The number of rotatable bonds is 10. The van der Waals surface area contributed by atoms with Gasteiger partial charge in [-0.25, -0.2) is 0 Å². The number of likely N-dealkylation sites (tertiary alicyclic amines) is 1. The Labute approximate surface area is 204 Å². The molecule has 0 saturated carbocycles. The van der Waals surface area contributed by atoms with Gasteiger partial charge in [-0.1, -0.05) is 0 Å². The lowest BCUT2D eigenvalue weighted by Crippen LogP contribution is -2.37. The van der Waals surface area contributed by atoms with Crippen molar-refractivity contribution < 1.29 is 33.3 Å². The number of furan rings is 1. The average Bonchev–Trinajstić information content (AvgIpc) is 3.63. The standard InChI is InChI=1S/C26H30N2O7/c1-32-20-15-17(16-21(33-2)25(20)34-3)23-22(19(29)9-8-18-7-6-14-35-18)24(30)26(31)28(23)13-12-27-10-4-5-11-27/h6-9,14-16,23,30H,4-5,10-13H2,1-3H3/b9-8+. The number of aliphatic hydroxyl groups excluding tert-OH is 1. The second kappa shape index (κ2) is 10.7. The van der Waals surface area contributed by atoms with Gasteiger partial charge in [0.2, 0.25) is 5.75 Å². The summed E-state index contributed by atoms with van der Waals surface area (Å²) in [4.78, 5) is 30.3. The Kier molecular flexibility index (Phi) is 7.45. The van der Waals surface area contributed by atoms with E-state index in [0.29, 0.717) is 41.7 Å². The Hall–Kier alpha value is -3.72. The van der Waals surface area contributed by atoms with Gasteiger partial charge in [0.05, 0.1) is 39.2 Å². The molecule has 35 heavy (non-hydrogen) atoms. The molecule has 2 aliphatic rings. The molecule has 3 heterocycles. The van der Waals surface area contributed by atoms with Crippen molar-refractivity contribution in [3.63, 3.8) is 0 Å². The summed E-state index contributed by atoms with van der Waals surface area (Å²) in [6.45, 7) is 2.93. The summed E-state index contributed by atoms with van der Waals surface area (Å²) in [5.74, 6) is 0.0197. The Morgan fingerprint density at radius 2 is 1.80 bits per heavy atom. The van der Waals surface area contributed by atoms with E-state index in [1.165, 1.54) is 44.6 Å². The maximum Gasteiger partial charge on any atom is 0.290 e. The Balaban J connectivity index is 1.75. The molecule has 1 amide bonds. The number of hydrogen-bond donors (Lipinski definition) is 1. The normalized spacial score (nSPS) is 18.7. The van der Waals surface area contributed by atoms with Crippen molar-refractivity contribution in [2.24, 2.45) is 0 Å². The van der Waals surface area contributed by atoms with Crippen molar-refractivity contribution in [2.45, 2.75) is 18.9 Å². The summed E-state index contributed by atoms with van der Waals surface area (Å²) < 4.78 is 21.7. The van der Waals surface area contributed by atoms with E-state index in [9.17, 15) is 14.7 Å². The molecule has 1 aromatic carbocycles. The van der Waals surface area contributed by atoms with Gasteiger partial charge in [-0.3, -0.25) is 9.59 Å². The fourth-order valence-corrected chi connectivity index (χ4v) is 4.63. The molecular weight excluding hydrogens is 452 g/mol. The maximum absolute atomic E-state index is 13.3. The van der Waals surface area contributed by atoms with Crippen LogP contribution in [0.1, 0.15) is 30.2 Å². The molecule has 2 aliphatic heterocycles. The molecule has 1 saturated heterocycles. The van der Waals surface area contributed by atoms with Crippen LogP contribution in [0.2, 0.25) is 0 Å². The summed E-state index contributed by atoms with van der Waals surface area (Å²) in [6.07, 6.45) is 6.54. The van der Waals surface area contributed by atoms with Crippen LogP contribution in [0.3, 0.4) is 0 Å². The van der Waals surface area contributed by atoms with Crippen LogP contribution < -0.4 is 14.2 Å². The van der Waals surface area contributed by atoms with Crippen LogP contribution in [0.25, 0.3) is 6.08 Å². The first-order valence-corrected chi connectivity index (χ1v) is 11.5. The molecule has 1 N–H and O–H groups in total. The number of carbonyl (C=O) groups is 2. The number of allylic oxidation sites excluding steroid dienone is 1. The number of nitrogens with zero attached hydrogens (tertiary/aromatic N) is 2. The molecule has 0 bridgehead atoms. The smallest absolute Gasteiger partial charge is 0.290 e. The molecule has 2 aromatic rings. The number of ketones is 1. The van der Waals surface area contributed by atoms with Crippen molar-refractivity contribution >= 4 is 17.8 Å². The maximum atomic E-state index is 13.3. The van der Waals surface area contributed by atoms with E-state index in [-0.39, 0.29) is 5.57 Å². The van der Waals surface area contributed by atoms with Crippen molar-refractivity contribution in [3.05, 3.63) is 59.3 Å². The van der Waals surface area contributed by atoms with E-state index in [1.807, 2.05) is 0 Å². The first-order valence-electron chi connectivity index (χ1n) is 11.5. The number of methoxy groups -OCH3 is 3. The van der Waals surface area contributed by atoms with E-state index in [4.69, 9.17) is 18.6 Å². The Bertz CT molecular complexity index is 1110. The zero-order valence-corrected chi connectivity index (χ0v) is 20.2.